The maximum absolute atomic E-state index is 6.10. The number of ether oxygens (including phenoxy) is 1. The fourth-order valence-corrected chi connectivity index (χ4v) is 3.17. The van der Waals surface area contributed by atoms with E-state index in [1.54, 1.807) is 0 Å². The van der Waals surface area contributed by atoms with Gasteiger partial charge in [0.1, 0.15) is 5.60 Å². The molecule has 0 bridgehead atoms. The lowest BCUT2D eigenvalue weighted by molar-refractivity contribution is -0.0575. The van der Waals surface area contributed by atoms with Crippen LogP contribution in [-0.4, -0.2) is 23.1 Å². The SMILES string of the molecule is CCCc1nc(C(CC)(CC)OCC)nc2c1CNCC2. The van der Waals surface area contributed by atoms with Gasteiger partial charge in [-0.15, -0.1) is 0 Å². The summed E-state index contributed by atoms with van der Waals surface area (Å²) in [5, 5.41) is 3.44. The van der Waals surface area contributed by atoms with Crippen molar-refractivity contribution in [2.75, 3.05) is 13.2 Å². The quantitative estimate of drug-likeness (QED) is 0.838. The second kappa shape index (κ2) is 7.32. The predicted molar refractivity (Wildman–Crippen MR) is 85.3 cm³/mol. The van der Waals surface area contributed by atoms with Crippen molar-refractivity contribution in [3.05, 3.63) is 22.8 Å². The minimum absolute atomic E-state index is 0.322. The molecule has 1 aromatic rings. The van der Waals surface area contributed by atoms with Gasteiger partial charge >= 0.3 is 0 Å². The molecule has 21 heavy (non-hydrogen) atoms. The number of fused-ring (bicyclic) bond motifs is 1. The molecule has 118 valence electrons. The molecule has 0 saturated heterocycles. The van der Waals surface area contributed by atoms with Crippen molar-refractivity contribution in [2.45, 2.75) is 71.9 Å². The zero-order valence-electron chi connectivity index (χ0n) is 14.0. The third-order valence-electron chi connectivity index (χ3n) is 4.48. The zero-order chi connectivity index (χ0) is 15.3. The van der Waals surface area contributed by atoms with Crippen molar-refractivity contribution in [1.29, 1.82) is 0 Å². The first-order chi connectivity index (χ1) is 10.2. The van der Waals surface area contributed by atoms with Crippen molar-refractivity contribution in [3.8, 4) is 0 Å². The Hall–Kier alpha value is -1.00. The molecule has 0 radical (unpaired) electrons. The van der Waals surface area contributed by atoms with Crippen LogP contribution in [0.2, 0.25) is 0 Å². The molecule has 0 fully saturated rings. The summed E-state index contributed by atoms with van der Waals surface area (Å²) in [4.78, 5) is 9.85. The van der Waals surface area contributed by atoms with Crippen LogP contribution in [0.15, 0.2) is 0 Å². The van der Waals surface area contributed by atoms with Crippen LogP contribution < -0.4 is 5.32 Å². The lowest BCUT2D eigenvalue weighted by Crippen LogP contribution is -2.34. The number of hydrogen-bond acceptors (Lipinski definition) is 4. The van der Waals surface area contributed by atoms with E-state index in [1.165, 1.54) is 17.0 Å². The molecule has 1 N–H and O–H groups in total. The molecule has 0 amide bonds. The van der Waals surface area contributed by atoms with E-state index in [4.69, 9.17) is 14.7 Å². The lowest BCUT2D eigenvalue weighted by Gasteiger charge is -2.32. The van der Waals surface area contributed by atoms with Gasteiger partial charge in [0.05, 0.1) is 5.69 Å². The van der Waals surface area contributed by atoms with Crippen molar-refractivity contribution in [1.82, 2.24) is 15.3 Å². The van der Waals surface area contributed by atoms with Crippen molar-refractivity contribution in [3.63, 3.8) is 0 Å². The number of hydrogen-bond donors (Lipinski definition) is 1. The standard InChI is InChI=1S/C17H29N3O/c1-5-9-14-13-12-18-11-10-15(13)20-16(19-14)17(6-2,7-3)21-8-4/h18H,5-12H2,1-4H3. The number of rotatable bonds is 7. The van der Waals surface area contributed by atoms with E-state index in [-0.39, 0.29) is 5.60 Å². The van der Waals surface area contributed by atoms with E-state index in [2.05, 4.69) is 33.0 Å². The number of nitrogens with zero attached hydrogens (tertiary/aromatic N) is 2. The van der Waals surface area contributed by atoms with Crippen LogP contribution in [-0.2, 0) is 29.7 Å². The summed E-state index contributed by atoms with van der Waals surface area (Å²) in [6, 6.07) is 0. The van der Waals surface area contributed by atoms with Crippen LogP contribution >= 0.6 is 0 Å². The maximum Gasteiger partial charge on any atom is 0.160 e. The van der Waals surface area contributed by atoms with Gasteiger partial charge in [0.15, 0.2) is 5.82 Å². The van der Waals surface area contributed by atoms with E-state index < -0.39 is 0 Å². The molecule has 0 saturated carbocycles. The lowest BCUT2D eigenvalue weighted by atomic mass is 9.94. The third kappa shape index (κ3) is 3.27. The second-order valence-electron chi connectivity index (χ2n) is 5.73. The predicted octanol–water partition coefficient (Wildman–Crippen LogP) is 3.13. The van der Waals surface area contributed by atoms with Gasteiger partial charge in [0, 0.05) is 37.4 Å². The molecule has 1 aliphatic rings. The van der Waals surface area contributed by atoms with Crippen molar-refractivity contribution < 1.29 is 4.74 Å². The molecule has 0 aromatic carbocycles. The molecule has 4 heteroatoms. The molecule has 2 heterocycles. The Morgan fingerprint density at radius 1 is 1.14 bits per heavy atom. The average molecular weight is 291 g/mol. The highest BCUT2D eigenvalue weighted by Crippen LogP contribution is 2.32. The van der Waals surface area contributed by atoms with Crippen LogP contribution in [0.3, 0.4) is 0 Å². The molecule has 0 spiro atoms. The van der Waals surface area contributed by atoms with Gasteiger partial charge in [-0.25, -0.2) is 9.97 Å². The highest BCUT2D eigenvalue weighted by Gasteiger charge is 2.34. The summed E-state index contributed by atoms with van der Waals surface area (Å²) in [5.74, 6) is 0.901. The van der Waals surface area contributed by atoms with E-state index in [9.17, 15) is 0 Å². The highest BCUT2D eigenvalue weighted by molar-refractivity contribution is 5.29. The van der Waals surface area contributed by atoms with Gasteiger partial charge in [-0.2, -0.15) is 0 Å². The van der Waals surface area contributed by atoms with Crippen molar-refractivity contribution >= 4 is 0 Å². The van der Waals surface area contributed by atoms with Crippen LogP contribution in [0.5, 0.6) is 0 Å². The fourth-order valence-electron chi connectivity index (χ4n) is 3.17. The Morgan fingerprint density at radius 3 is 2.52 bits per heavy atom. The summed E-state index contributed by atoms with van der Waals surface area (Å²) < 4.78 is 6.10. The first-order valence-electron chi connectivity index (χ1n) is 8.44. The molecule has 4 nitrogen and oxygen atoms in total. The molecule has 0 unspecified atom stereocenters. The summed E-state index contributed by atoms with van der Waals surface area (Å²) in [7, 11) is 0. The molecule has 0 atom stereocenters. The normalized spacial score (nSPS) is 15.0. The summed E-state index contributed by atoms with van der Waals surface area (Å²) in [5.41, 5.74) is 3.45. The first kappa shape index (κ1) is 16.4. The summed E-state index contributed by atoms with van der Waals surface area (Å²) in [6.45, 7) is 11.2. The molecular formula is C17H29N3O. The molecule has 1 aliphatic heterocycles. The largest absolute Gasteiger partial charge is 0.367 e. The van der Waals surface area contributed by atoms with E-state index in [1.807, 2.05) is 0 Å². The Kier molecular flexibility index (Phi) is 5.71. The average Bonchev–Trinajstić information content (AvgIpc) is 2.53. The Balaban J connectivity index is 2.50. The Morgan fingerprint density at radius 2 is 1.90 bits per heavy atom. The van der Waals surface area contributed by atoms with Gasteiger partial charge in [0.25, 0.3) is 0 Å². The molecular weight excluding hydrogens is 262 g/mol. The second-order valence-corrected chi connectivity index (χ2v) is 5.73. The number of nitrogens with one attached hydrogen (secondary N) is 1. The van der Waals surface area contributed by atoms with E-state index in [0.29, 0.717) is 6.61 Å². The number of aromatic nitrogens is 2. The molecule has 1 aromatic heterocycles. The Bertz CT molecular complexity index is 469. The molecule has 2 rings (SSSR count). The van der Waals surface area contributed by atoms with Gasteiger partial charge in [-0.05, 0) is 26.2 Å². The zero-order valence-corrected chi connectivity index (χ0v) is 14.0. The van der Waals surface area contributed by atoms with Gasteiger partial charge in [0.2, 0.25) is 0 Å². The van der Waals surface area contributed by atoms with Gasteiger partial charge < -0.3 is 10.1 Å². The van der Waals surface area contributed by atoms with Crippen LogP contribution in [0, 0.1) is 0 Å². The highest BCUT2D eigenvalue weighted by atomic mass is 16.5. The van der Waals surface area contributed by atoms with Crippen LogP contribution in [0.25, 0.3) is 0 Å². The number of aryl methyl sites for hydroxylation is 1. The molecule has 0 aliphatic carbocycles. The summed E-state index contributed by atoms with van der Waals surface area (Å²) >= 11 is 0. The first-order valence-corrected chi connectivity index (χ1v) is 8.44. The topological polar surface area (TPSA) is 47.0 Å². The van der Waals surface area contributed by atoms with Gasteiger partial charge in [-0.3, -0.25) is 0 Å². The monoisotopic (exact) mass is 291 g/mol. The van der Waals surface area contributed by atoms with Gasteiger partial charge in [-0.1, -0.05) is 27.2 Å². The smallest absolute Gasteiger partial charge is 0.160 e. The van der Waals surface area contributed by atoms with E-state index in [0.717, 1.165) is 51.0 Å². The third-order valence-corrected chi connectivity index (χ3v) is 4.48. The van der Waals surface area contributed by atoms with Crippen molar-refractivity contribution in [2.24, 2.45) is 0 Å². The maximum atomic E-state index is 6.10. The Labute approximate surface area is 128 Å². The fraction of sp³-hybridized carbons (Fsp3) is 0.765. The van der Waals surface area contributed by atoms with Crippen LogP contribution in [0.1, 0.15) is 69.7 Å². The van der Waals surface area contributed by atoms with Crippen LogP contribution in [0.4, 0.5) is 0 Å². The summed E-state index contributed by atoms with van der Waals surface area (Å²) in [6.07, 6.45) is 4.97. The van der Waals surface area contributed by atoms with E-state index >= 15 is 0 Å². The minimum Gasteiger partial charge on any atom is -0.367 e. The minimum atomic E-state index is -0.322.